The third-order valence-corrected chi connectivity index (χ3v) is 10.0. The molecule has 2 heteroatoms. The Morgan fingerprint density at radius 2 is 0.717 bits per heavy atom. The molecule has 224 valence electrons. The minimum Gasteiger partial charge on any atom is -0.310 e. The molecular weight excluding hydrogens is 556 g/mol. The number of rotatable bonds is 4. The van der Waals surface area contributed by atoms with Gasteiger partial charge >= 0.3 is 0 Å². The molecule has 0 aromatic heterocycles. The van der Waals surface area contributed by atoms with Crippen molar-refractivity contribution in [2.24, 2.45) is 0 Å². The average Bonchev–Trinajstić information content (AvgIpc) is 3.09. The van der Waals surface area contributed by atoms with Crippen molar-refractivity contribution in [2.45, 2.75) is 38.5 Å². The fourth-order valence-corrected chi connectivity index (χ4v) is 7.55. The lowest BCUT2D eigenvalue weighted by Crippen LogP contribution is -2.30. The summed E-state index contributed by atoms with van der Waals surface area (Å²) < 4.78 is 0. The Kier molecular flexibility index (Phi) is 6.51. The molecule has 0 amide bonds. The number of hydrogen-bond acceptors (Lipinski definition) is 2. The van der Waals surface area contributed by atoms with Crippen molar-refractivity contribution in [2.75, 3.05) is 9.80 Å². The number of fused-ring (bicyclic) bond motifs is 4. The predicted molar refractivity (Wildman–Crippen MR) is 195 cm³/mol. The largest absolute Gasteiger partial charge is 0.310 e. The highest BCUT2D eigenvalue weighted by molar-refractivity contribution is 5.89. The van der Waals surface area contributed by atoms with Crippen LogP contribution in [-0.4, -0.2) is 0 Å². The van der Waals surface area contributed by atoms with Gasteiger partial charge < -0.3 is 9.80 Å². The second kappa shape index (κ2) is 10.6. The summed E-state index contributed by atoms with van der Waals surface area (Å²) >= 11 is 0. The summed E-state index contributed by atoms with van der Waals surface area (Å²) in [7, 11) is 0. The highest BCUT2D eigenvalue weighted by atomic mass is 15.2. The second-order valence-electron chi connectivity index (χ2n) is 13.5. The number of nitrogens with zero attached hydrogens (tertiary/aromatic N) is 2. The predicted octanol–water partition coefficient (Wildman–Crippen LogP) is 12.1. The van der Waals surface area contributed by atoms with Gasteiger partial charge in [0.2, 0.25) is 0 Å². The van der Waals surface area contributed by atoms with E-state index in [1.165, 1.54) is 67.5 Å². The molecule has 0 bridgehead atoms. The molecule has 2 heterocycles. The van der Waals surface area contributed by atoms with Crippen LogP contribution in [0, 0.1) is 0 Å². The van der Waals surface area contributed by atoms with Gasteiger partial charge in [-0.25, -0.2) is 0 Å². The van der Waals surface area contributed by atoms with Gasteiger partial charge in [0.1, 0.15) is 0 Å². The van der Waals surface area contributed by atoms with Gasteiger partial charge in [0, 0.05) is 22.2 Å². The van der Waals surface area contributed by atoms with E-state index in [1.807, 2.05) is 0 Å². The Morgan fingerprint density at radius 3 is 1.13 bits per heavy atom. The van der Waals surface area contributed by atoms with E-state index >= 15 is 0 Å². The molecule has 0 fully saturated rings. The van der Waals surface area contributed by atoms with E-state index in [-0.39, 0.29) is 10.8 Å². The number of benzene rings is 6. The number of hydrogen-bond donors (Lipinski definition) is 0. The summed E-state index contributed by atoms with van der Waals surface area (Å²) in [6, 6.07) is 52.9. The van der Waals surface area contributed by atoms with E-state index < -0.39 is 0 Å². The molecule has 6 aromatic carbocycles. The van der Waals surface area contributed by atoms with Crippen LogP contribution >= 0.6 is 0 Å². The van der Waals surface area contributed by atoms with Crippen molar-refractivity contribution in [1.29, 1.82) is 0 Å². The molecule has 2 nitrogen and oxygen atoms in total. The zero-order valence-corrected chi connectivity index (χ0v) is 26.9. The molecule has 0 spiro atoms. The second-order valence-corrected chi connectivity index (χ2v) is 13.5. The third-order valence-electron chi connectivity index (χ3n) is 10.0. The lowest BCUT2D eigenvalue weighted by atomic mass is 9.73. The number of para-hydroxylation sites is 4. The van der Waals surface area contributed by atoms with Crippen LogP contribution < -0.4 is 9.80 Å². The van der Waals surface area contributed by atoms with Gasteiger partial charge in [-0.15, -0.1) is 0 Å². The summed E-state index contributed by atoms with van der Waals surface area (Å²) in [6.45, 7) is 9.40. The van der Waals surface area contributed by atoms with Gasteiger partial charge in [-0.2, -0.15) is 0 Å². The van der Waals surface area contributed by atoms with Crippen molar-refractivity contribution < 1.29 is 0 Å². The molecule has 2 aliphatic rings. The molecule has 6 aromatic rings. The Labute approximate surface area is 272 Å². The Bertz CT molecular complexity index is 1950. The highest BCUT2D eigenvalue weighted by Gasteiger charge is 2.38. The molecule has 0 radical (unpaired) electrons. The van der Waals surface area contributed by atoms with Crippen LogP contribution in [0.4, 0.5) is 34.1 Å². The summed E-state index contributed by atoms with van der Waals surface area (Å²) in [4.78, 5) is 4.82. The van der Waals surface area contributed by atoms with Crippen LogP contribution in [0.2, 0.25) is 0 Å². The van der Waals surface area contributed by atoms with Crippen molar-refractivity contribution in [3.63, 3.8) is 0 Å². The van der Waals surface area contributed by atoms with Crippen LogP contribution in [0.1, 0.15) is 61.1 Å². The van der Waals surface area contributed by atoms with Crippen molar-refractivity contribution in [3.05, 3.63) is 179 Å². The molecule has 0 unspecified atom stereocenters. The van der Waals surface area contributed by atoms with Gasteiger partial charge in [-0.1, -0.05) is 125 Å². The minimum atomic E-state index is -0.134. The van der Waals surface area contributed by atoms with Gasteiger partial charge in [0.15, 0.2) is 0 Å². The normalized spacial score (nSPS) is 15.6. The first-order chi connectivity index (χ1) is 22.3. The summed E-state index contributed by atoms with van der Waals surface area (Å²) in [5.41, 5.74) is 14.8. The van der Waals surface area contributed by atoms with Crippen molar-refractivity contribution in [3.8, 4) is 0 Å². The van der Waals surface area contributed by atoms with Crippen LogP contribution in [0.25, 0.3) is 12.2 Å². The fraction of sp³-hybridized carbons (Fsp3) is 0.136. The molecule has 0 aliphatic carbocycles. The maximum Gasteiger partial charge on any atom is 0.0503 e. The van der Waals surface area contributed by atoms with Crippen LogP contribution in [0.3, 0.4) is 0 Å². The smallest absolute Gasteiger partial charge is 0.0503 e. The van der Waals surface area contributed by atoms with Gasteiger partial charge in [-0.3, -0.25) is 0 Å². The lowest BCUT2D eigenvalue weighted by Gasteiger charge is -2.42. The molecule has 8 rings (SSSR count). The molecule has 0 N–H and O–H groups in total. The first-order valence-corrected chi connectivity index (χ1v) is 16.2. The fourth-order valence-electron chi connectivity index (χ4n) is 7.55. The van der Waals surface area contributed by atoms with E-state index in [4.69, 9.17) is 0 Å². The maximum atomic E-state index is 2.41. The van der Waals surface area contributed by atoms with E-state index in [9.17, 15) is 0 Å². The topological polar surface area (TPSA) is 6.48 Å². The molecule has 46 heavy (non-hydrogen) atoms. The summed E-state index contributed by atoms with van der Waals surface area (Å²) in [6.07, 6.45) is 4.54. The first-order valence-electron chi connectivity index (χ1n) is 16.2. The quantitative estimate of drug-likeness (QED) is 0.187. The van der Waals surface area contributed by atoms with Gasteiger partial charge in [0.05, 0.1) is 22.7 Å². The summed E-state index contributed by atoms with van der Waals surface area (Å²) in [5.74, 6) is 0. The van der Waals surface area contributed by atoms with Gasteiger partial charge in [0.25, 0.3) is 0 Å². The van der Waals surface area contributed by atoms with E-state index in [0.717, 1.165) is 0 Å². The standard InChI is InChI=1S/C44H38N2/c1-43(2)35-19-11-13-21-39(35)45(33-15-7-5-8-16-33)41-27-25-31(29-37(41)43)23-24-32-26-28-42-38(30-32)44(3,4)36-20-12-14-22-40(36)46(42)34-17-9-6-10-18-34/h5-30H,1-4H3/b24-23+. The highest BCUT2D eigenvalue weighted by Crippen LogP contribution is 2.53. The molecule has 0 atom stereocenters. The van der Waals surface area contributed by atoms with Crippen LogP contribution in [0.5, 0.6) is 0 Å². The van der Waals surface area contributed by atoms with Crippen LogP contribution in [-0.2, 0) is 10.8 Å². The van der Waals surface area contributed by atoms with Crippen molar-refractivity contribution in [1.82, 2.24) is 0 Å². The molecule has 0 saturated carbocycles. The van der Waals surface area contributed by atoms with E-state index in [1.54, 1.807) is 0 Å². The molecule has 0 saturated heterocycles. The average molecular weight is 595 g/mol. The van der Waals surface area contributed by atoms with Crippen molar-refractivity contribution >= 4 is 46.3 Å². The minimum absolute atomic E-state index is 0.134. The SMILES string of the molecule is CC1(C)c2ccccc2N(c2ccccc2)c2ccc(/C=C/c3ccc4c(c3)C(C)(C)c3ccccc3N4c3ccccc3)cc21. The Hall–Kier alpha value is -5.34. The van der Waals surface area contributed by atoms with E-state index in [0.29, 0.717) is 0 Å². The maximum absolute atomic E-state index is 2.41. The third kappa shape index (κ3) is 4.40. The number of anilines is 6. The van der Waals surface area contributed by atoms with Gasteiger partial charge in [-0.05, 0) is 94.0 Å². The zero-order valence-electron chi connectivity index (χ0n) is 26.9. The lowest BCUT2D eigenvalue weighted by molar-refractivity contribution is 0.631. The monoisotopic (exact) mass is 594 g/mol. The molecule has 2 aliphatic heterocycles. The van der Waals surface area contributed by atoms with E-state index in [2.05, 4.69) is 195 Å². The molecular formula is C44H38N2. The first kappa shape index (κ1) is 28.2. The van der Waals surface area contributed by atoms with Crippen LogP contribution in [0.15, 0.2) is 146 Å². The zero-order chi connectivity index (χ0) is 31.5. The Balaban J connectivity index is 1.19. The Morgan fingerprint density at radius 1 is 0.370 bits per heavy atom. The summed E-state index contributed by atoms with van der Waals surface area (Å²) in [5, 5.41) is 0.